The first-order chi connectivity index (χ1) is 13.8. The van der Waals surface area contributed by atoms with Gasteiger partial charge < -0.3 is 25.4 Å². The fraction of sp³-hybridized carbons (Fsp3) is 0.318. The van der Waals surface area contributed by atoms with Crippen molar-refractivity contribution in [3.05, 3.63) is 59.5 Å². The van der Waals surface area contributed by atoms with Gasteiger partial charge >= 0.3 is 0 Å². The first-order valence-corrected chi connectivity index (χ1v) is 9.55. The number of halogens is 1. The van der Waals surface area contributed by atoms with Crippen LogP contribution in [-0.4, -0.2) is 30.9 Å². The predicted molar refractivity (Wildman–Crippen MR) is 111 cm³/mol. The van der Waals surface area contributed by atoms with E-state index in [1.54, 1.807) is 12.3 Å². The summed E-state index contributed by atoms with van der Waals surface area (Å²) < 4.78 is 24.9. The van der Waals surface area contributed by atoms with Crippen molar-refractivity contribution >= 4 is 28.5 Å². The first-order valence-electron chi connectivity index (χ1n) is 9.55. The van der Waals surface area contributed by atoms with Gasteiger partial charge in [0.15, 0.2) is 5.79 Å². The van der Waals surface area contributed by atoms with Crippen molar-refractivity contribution < 1.29 is 18.7 Å². The Morgan fingerprint density at radius 2 is 2.10 bits per heavy atom. The van der Waals surface area contributed by atoms with E-state index in [0.717, 1.165) is 16.9 Å². The van der Waals surface area contributed by atoms with Crippen molar-refractivity contribution in [1.82, 2.24) is 0 Å². The number of fused-ring (bicyclic) bond motifs is 1. The Hall–Kier alpha value is -2.90. The molecule has 152 valence electrons. The minimum Gasteiger partial charge on any atom is -0.382 e. The highest BCUT2D eigenvalue weighted by Crippen LogP contribution is 2.32. The van der Waals surface area contributed by atoms with Crippen LogP contribution in [0.4, 0.5) is 21.5 Å². The average molecular weight is 397 g/mol. The number of benzene rings is 2. The van der Waals surface area contributed by atoms with E-state index >= 15 is 0 Å². The summed E-state index contributed by atoms with van der Waals surface area (Å²) in [6, 6.07) is 10.1. The molecule has 0 spiro atoms. The number of rotatable bonds is 5. The van der Waals surface area contributed by atoms with Crippen LogP contribution >= 0.6 is 0 Å². The number of aryl methyl sites for hydroxylation is 1. The summed E-state index contributed by atoms with van der Waals surface area (Å²) in [5.41, 5.74) is 4.46. The van der Waals surface area contributed by atoms with E-state index in [1.807, 2.05) is 39.0 Å². The van der Waals surface area contributed by atoms with E-state index in [1.165, 1.54) is 12.1 Å². The Morgan fingerprint density at radius 3 is 2.83 bits per heavy atom. The van der Waals surface area contributed by atoms with Gasteiger partial charge in [-0.25, -0.2) is 4.39 Å². The molecule has 0 saturated carbocycles. The van der Waals surface area contributed by atoms with Gasteiger partial charge in [0, 0.05) is 35.4 Å². The van der Waals surface area contributed by atoms with Gasteiger partial charge in [-0.2, -0.15) is 0 Å². The Bertz CT molecular complexity index is 987. The Balaban J connectivity index is 1.42. The summed E-state index contributed by atoms with van der Waals surface area (Å²) in [4.78, 5) is 12.2. The SMILES string of the molecule is Cc1cc(NC=C2C(=O)Nc3ccc(F)cc32)ccc1NCC1COC(C)(C)O1. The van der Waals surface area contributed by atoms with Crippen LogP contribution in [0.15, 0.2) is 42.6 Å². The number of ether oxygens (including phenoxy) is 2. The van der Waals surface area contributed by atoms with Crippen LogP contribution in [0.25, 0.3) is 5.57 Å². The molecule has 2 aliphatic heterocycles. The maximum atomic E-state index is 13.5. The zero-order chi connectivity index (χ0) is 20.6. The van der Waals surface area contributed by atoms with Crippen LogP contribution in [0.1, 0.15) is 25.0 Å². The maximum Gasteiger partial charge on any atom is 0.257 e. The van der Waals surface area contributed by atoms with Gasteiger partial charge in [-0.3, -0.25) is 4.79 Å². The van der Waals surface area contributed by atoms with Crippen LogP contribution in [0.5, 0.6) is 0 Å². The van der Waals surface area contributed by atoms with Crippen LogP contribution in [0.2, 0.25) is 0 Å². The lowest BCUT2D eigenvalue weighted by Crippen LogP contribution is -2.26. The summed E-state index contributed by atoms with van der Waals surface area (Å²) in [7, 11) is 0. The van der Waals surface area contributed by atoms with Crippen LogP contribution < -0.4 is 16.0 Å². The zero-order valence-corrected chi connectivity index (χ0v) is 16.6. The molecule has 1 atom stereocenters. The topological polar surface area (TPSA) is 71.6 Å². The number of carbonyl (C=O) groups excluding carboxylic acids is 1. The number of nitrogens with one attached hydrogen (secondary N) is 3. The fourth-order valence-corrected chi connectivity index (χ4v) is 3.50. The number of hydrogen-bond donors (Lipinski definition) is 3. The van der Waals surface area contributed by atoms with Gasteiger partial charge in [0.1, 0.15) is 11.9 Å². The van der Waals surface area contributed by atoms with Gasteiger partial charge in [0.25, 0.3) is 5.91 Å². The van der Waals surface area contributed by atoms with Gasteiger partial charge in [0.2, 0.25) is 0 Å². The molecule has 0 radical (unpaired) electrons. The number of amides is 1. The van der Waals surface area contributed by atoms with Crippen molar-refractivity contribution in [3.63, 3.8) is 0 Å². The molecule has 0 aliphatic carbocycles. The quantitative estimate of drug-likeness (QED) is 0.663. The van der Waals surface area contributed by atoms with Crippen molar-refractivity contribution in [3.8, 4) is 0 Å². The molecule has 3 N–H and O–H groups in total. The van der Waals surface area contributed by atoms with Gasteiger partial charge in [0.05, 0.1) is 12.2 Å². The normalized spacial score (nSPS) is 21.2. The molecule has 1 saturated heterocycles. The van der Waals surface area contributed by atoms with Gasteiger partial charge in [-0.05, 0) is 62.7 Å². The molecule has 29 heavy (non-hydrogen) atoms. The summed E-state index contributed by atoms with van der Waals surface area (Å²) >= 11 is 0. The molecule has 2 aliphatic rings. The van der Waals surface area contributed by atoms with E-state index < -0.39 is 5.79 Å². The van der Waals surface area contributed by atoms with Crippen LogP contribution in [0.3, 0.4) is 0 Å². The molecule has 7 heteroatoms. The highest BCUT2D eigenvalue weighted by molar-refractivity contribution is 6.31. The van der Waals surface area contributed by atoms with Crippen molar-refractivity contribution in [1.29, 1.82) is 0 Å². The summed E-state index contributed by atoms with van der Waals surface area (Å²) in [6.45, 7) is 7.04. The second kappa shape index (κ2) is 7.50. The largest absolute Gasteiger partial charge is 0.382 e. The molecule has 1 unspecified atom stereocenters. The zero-order valence-electron chi connectivity index (χ0n) is 16.6. The maximum absolute atomic E-state index is 13.5. The molecule has 2 heterocycles. The van der Waals surface area contributed by atoms with Crippen molar-refractivity contribution in [2.45, 2.75) is 32.7 Å². The minimum atomic E-state index is -0.531. The van der Waals surface area contributed by atoms with E-state index in [9.17, 15) is 9.18 Å². The smallest absolute Gasteiger partial charge is 0.257 e. The van der Waals surface area contributed by atoms with E-state index in [-0.39, 0.29) is 17.8 Å². The van der Waals surface area contributed by atoms with Gasteiger partial charge in [-0.15, -0.1) is 0 Å². The third kappa shape index (κ3) is 4.26. The lowest BCUT2D eigenvalue weighted by Gasteiger charge is -2.18. The summed E-state index contributed by atoms with van der Waals surface area (Å²) in [5.74, 6) is -1.16. The van der Waals surface area contributed by atoms with E-state index in [2.05, 4.69) is 16.0 Å². The molecule has 4 rings (SSSR count). The Morgan fingerprint density at radius 1 is 1.28 bits per heavy atom. The standard InChI is InChI=1S/C22H24FN3O3/c1-13-8-15(5-7-19(13)25-10-16-12-28-22(2,3)29-16)24-11-18-17-9-14(23)4-6-20(17)26-21(18)27/h4-9,11,16,24-25H,10,12H2,1-3H3,(H,26,27). The number of hydrogen-bond acceptors (Lipinski definition) is 5. The predicted octanol–water partition coefficient (Wildman–Crippen LogP) is 4.10. The molecule has 1 amide bonds. The second-order valence-corrected chi connectivity index (χ2v) is 7.71. The molecule has 1 fully saturated rings. The fourth-order valence-electron chi connectivity index (χ4n) is 3.50. The average Bonchev–Trinajstić information content (AvgIpc) is 3.17. The third-order valence-corrected chi connectivity index (χ3v) is 4.96. The minimum absolute atomic E-state index is 0.00766. The third-order valence-electron chi connectivity index (χ3n) is 4.96. The molecule has 6 nitrogen and oxygen atoms in total. The molecule has 2 aromatic rings. The monoisotopic (exact) mass is 397 g/mol. The lowest BCUT2D eigenvalue weighted by molar-refractivity contribution is -0.136. The second-order valence-electron chi connectivity index (χ2n) is 7.71. The van der Waals surface area contributed by atoms with Gasteiger partial charge in [-0.1, -0.05) is 0 Å². The first kappa shape index (κ1) is 19.4. The van der Waals surface area contributed by atoms with E-state index in [4.69, 9.17) is 9.47 Å². The van der Waals surface area contributed by atoms with Crippen molar-refractivity contribution in [2.75, 3.05) is 29.1 Å². The molecular formula is C22H24FN3O3. The molecule has 0 aromatic heterocycles. The Kier molecular flexibility index (Phi) is 5.02. The highest BCUT2D eigenvalue weighted by Gasteiger charge is 2.32. The summed E-state index contributed by atoms with van der Waals surface area (Å²) in [5, 5.41) is 9.26. The number of carbonyl (C=O) groups is 1. The molecular weight excluding hydrogens is 373 g/mol. The summed E-state index contributed by atoms with van der Waals surface area (Å²) in [6.07, 6.45) is 1.61. The van der Waals surface area contributed by atoms with Crippen LogP contribution in [0, 0.1) is 12.7 Å². The molecule has 2 aromatic carbocycles. The number of anilines is 3. The highest BCUT2D eigenvalue weighted by atomic mass is 19.1. The Labute approximate surface area is 169 Å². The van der Waals surface area contributed by atoms with Crippen LogP contribution in [-0.2, 0) is 14.3 Å². The lowest BCUT2D eigenvalue weighted by atomic mass is 10.1. The molecule has 0 bridgehead atoms. The van der Waals surface area contributed by atoms with E-state index in [0.29, 0.717) is 30.0 Å². The van der Waals surface area contributed by atoms with Crippen molar-refractivity contribution in [2.24, 2.45) is 0 Å².